The Labute approximate surface area is 154 Å². The summed E-state index contributed by atoms with van der Waals surface area (Å²) >= 11 is 0. The fourth-order valence-electron chi connectivity index (χ4n) is 2.95. The molecule has 1 aromatic carbocycles. The third-order valence-electron chi connectivity index (χ3n) is 4.37. The number of carbonyl (C=O) groups excluding carboxylic acids is 1. The van der Waals surface area contributed by atoms with Crippen LogP contribution in [0.15, 0.2) is 39.6 Å². The summed E-state index contributed by atoms with van der Waals surface area (Å²) < 4.78 is 10.4. The third-order valence-corrected chi connectivity index (χ3v) is 4.37. The smallest absolute Gasteiger partial charge is 0.289 e. The van der Waals surface area contributed by atoms with Crippen molar-refractivity contribution in [3.63, 3.8) is 0 Å². The van der Waals surface area contributed by atoms with Crippen molar-refractivity contribution < 1.29 is 14.1 Å². The number of ether oxygens (including phenoxy) is 1. The van der Waals surface area contributed by atoms with E-state index in [4.69, 9.17) is 9.26 Å². The number of nitrogens with zero attached hydrogens (tertiary/aromatic N) is 3. The number of H-pyrrole nitrogens is 1. The maximum absolute atomic E-state index is 12.2. The monoisotopic (exact) mass is 369 g/mol. The lowest BCUT2D eigenvalue weighted by atomic mass is 10.2. The van der Waals surface area contributed by atoms with Gasteiger partial charge in [-0.05, 0) is 12.1 Å². The van der Waals surface area contributed by atoms with Gasteiger partial charge in [0.2, 0.25) is 5.76 Å². The van der Waals surface area contributed by atoms with Gasteiger partial charge in [0.05, 0.1) is 24.1 Å². The summed E-state index contributed by atoms with van der Waals surface area (Å²) in [5, 5.41) is 7.24. The van der Waals surface area contributed by atoms with Gasteiger partial charge in [0, 0.05) is 32.1 Å². The quantitative estimate of drug-likeness (QED) is 0.681. The molecule has 0 bridgehead atoms. The van der Waals surface area contributed by atoms with Crippen molar-refractivity contribution in [3.05, 3.63) is 52.3 Å². The number of carbonyl (C=O) groups is 1. The summed E-state index contributed by atoms with van der Waals surface area (Å²) in [6.45, 7) is 3.01. The first kappa shape index (κ1) is 17.2. The Morgan fingerprint density at radius 1 is 1.26 bits per heavy atom. The van der Waals surface area contributed by atoms with E-state index in [2.05, 4.69) is 20.4 Å². The first-order chi connectivity index (χ1) is 13.2. The van der Waals surface area contributed by atoms with E-state index in [9.17, 15) is 9.59 Å². The van der Waals surface area contributed by atoms with Crippen molar-refractivity contribution in [1.82, 2.24) is 20.4 Å². The number of para-hydroxylation sites is 1. The zero-order valence-electron chi connectivity index (χ0n) is 14.6. The summed E-state index contributed by atoms with van der Waals surface area (Å²) in [6.07, 6.45) is 0.399. The summed E-state index contributed by atoms with van der Waals surface area (Å²) in [5.74, 6) is 0.941. The van der Waals surface area contributed by atoms with Crippen LogP contribution in [-0.2, 0) is 11.2 Å². The zero-order valence-corrected chi connectivity index (χ0v) is 14.6. The molecule has 0 aliphatic carbocycles. The highest BCUT2D eigenvalue weighted by atomic mass is 16.5. The Morgan fingerprint density at radius 2 is 2.07 bits per heavy atom. The van der Waals surface area contributed by atoms with E-state index in [0.29, 0.717) is 61.8 Å². The molecule has 1 amide bonds. The zero-order chi connectivity index (χ0) is 18.6. The topological polar surface area (TPSA) is 113 Å². The number of hydrogen-bond donors (Lipinski definition) is 2. The van der Waals surface area contributed by atoms with E-state index in [0.717, 1.165) is 0 Å². The lowest BCUT2D eigenvalue weighted by Gasteiger charge is -2.25. The van der Waals surface area contributed by atoms with Crippen molar-refractivity contribution in [1.29, 1.82) is 0 Å². The van der Waals surface area contributed by atoms with E-state index in [-0.39, 0.29) is 17.2 Å². The van der Waals surface area contributed by atoms with Gasteiger partial charge in [-0.2, -0.15) is 0 Å². The molecule has 1 aliphatic heterocycles. The number of anilines is 1. The molecule has 2 aromatic heterocycles. The fraction of sp³-hybridized carbons (Fsp3) is 0.333. The number of aromatic amines is 1. The first-order valence-corrected chi connectivity index (χ1v) is 8.76. The number of hydrogen-bond acceptors (Lipinski definition) is 7. The van der Waals surface area contributed by atoms with Gasteiger partial charge in [-0.15, -0.1) is 0 Å². The standard InChI is InChI=1S/C18H19N5O4/c24-17-12-3-1-2-4-13(12)20-15(21-17)5-6-19-18(25)14-11-16(22-27-14)23-7-9-26-10-8-23/h1-4,11H,5-10H2,(H,19,25)(H,20,21,24). The molecule has 0 radical (unpaired) electrons. The summed E-state index contributed by atoms with van der Waals surface area (Å²) in [6, 6.07) is 8.76. The lowest BCUT2D eigenvalue weighted by molar-refractivity contribution is 0.0917. The van der Waals surface area contributed by atoms with Crippen LogP contribution in [0.25, 0.3) is 10.9 Å². The molecule has 2 N–H and O–H groups in total. The number of benzene rings is 1. The Bertz CT molecular complexity index is 1010. The van der Waals surface area contributed by atoms with Crippen molar-refractivity contribution in [2.45, 2.75) is 6.42 Å². The van der Waals surface area contributed by atoms with Gasteiger partial charge in [-0.25, -0.2) is 4.98 Å². The summed E-state index contributed by atoms with van der Waals surface area (Å²) in [5.41, 5.74) is 0.445. The lowest BCUT2D eigenvalue weighted by Crippen LogP contribution is -2.36. The highest BCUT2D eigenvalue weighted by Crippen LogP contribution is 2.15. The van der Waals surface area contributed by atoms with Crippen LogP contribution in [0.1, 0.15) is 16.4 Å². The highest BCUT2D eigenvalue weighted by molar-refractivity contribution is 5.92. The molecule has 3 aromatic rings. The molecule has 1 saturated heterocycles. The van der Waals surface area contributed by atoms with E-state index >= 15 is 0 Å². The molecule has 0 atom stereocenters. The second-order valence-electron chi connectivity index (χ2n) is 6.18. The minimum absolute atomic E-state index is 0.149. The molecule has 1 aliphatic rings. The molecule has 0 unspecified atom stereocenters. The maximum Gasteiger partial charge on any atom is 0.289 e. The molecule has 4 rings (SSSR count). The predicted molar refractivity (Wildman–Crippen MR) is 97.9 cm³/mol. The number of morpholine rings is 1. The molecule has 27 heavy (non-hydrogen) atoms. The van der Waals surface area contributed by atoms with Crippen LogP contribution < -0.4 is 15.8 Å². The fourth-order valence-corrected chi connectivity index (χ4v) is 2.95. The minimum atomic E-state index is -0.356. The average Bonchev–Trinajstić information content (AvgIpc) is 3.19. The first-order valence-electron chi connectivity index (χ1n) is 8.76. The van der Waals surface area contributed by atoms with E-state index < -0.39 is 0 Å². The minimum Gasteiger partial charge on any atom is -0.378 e. The molecule has 1 fully saturated rings. The normalized spacial score (nSPS) is 14.4. The van der Waals surface area contributed by atoms with Gasteiger partial charge in [0.25, 0.3) is 11.5 Å². The molecule has 9 heteroatoms. The molecular formula is C18H19N5O4. The van der Waals surface area contributed by atoms with E-state index in [1.807, 2.05) is 11.0 Å². The largest absolute Gasteiger partial charge is 0.378 e. The van der Waals surface area contributed by atoms with Gasteiger partial charge < -0.3 is 24.5 Å². The molecule has 0 saturated carbocycles. The molecule has 0 spiro atoms. The molecular weight excluding hydrogens is 350 g/mol. The number of nitrogens with one attached hydrogen (secondary N) is 2. The SMILES string of the molecule is O=C(NCCc1nc2ccccc2c(=O)[nH]1)c1cc(N2CCOCC2)no1. The van der Waals surface area contributed by atoms with Crippen LogP contribution >= 0.6 is 0 Å². The Balaban J connectivity index is 1.36. The van der Waals surface area contributed by atoms with Gasteiger partial charge in [-0.3, -0.25) is 9.59 Å². The van der Waals surface area contributed by atoms with Gasteiger partial charge in [-0.1, -0.05) is 17.3 Å². The van der Waals surface area contributed by atoms with Crippen molar-refractivity contribution in [2.24, 2.45) is 0 Å². The number of amides is 1. The maximum atomic E-state index is 12.2. The van der Waals surface area contributed by atoms with Crippen molar-refractivity contribution >= 4 is 22.6 Å². The van der Waals surface area contributed by atoms with Gasteiger partial charge in [0.1, 0.15) is 5.82 Å². The Hall–Kier alpha value is -3.20. The van der Waals surface area contributed by atoms with Crippen LogP contribution in [0.3, 0.4) is 0 Å². The average molecular weight is 369 g/mol. The second-order valence-corrected chi connectivity index (χ2v) is 6.18. The van der Waals surface area contributed by atoms with Crippen LogP contribution in [0.2, 0.25) is 0 Å². The van der Waals surface area contributed by atoms with Gasteiger partial charge >= 0.3 is 0 Å². The summed E-state index contributed by atoms with van der Waals surface area (Å²) in [7, 11) is 0. The third kappa shape index (κ3) is 3.82. The Kier molecular flexibility index (Phi) is 4.84. The number of fused-ring (bicyclic) bond motifs is 1. The van der Waals surface area contributed by atoms with Crippen molar-refractivity contribution in [3.8, 4) is 0 Å². The molecule has 9 nitrogen and oxygen atoms in total. The molecule has 3 heterocycles. The predicted octanol–water partition coefficient (Wildman–Crippen LogP) is 0.720. The molecule has 140 valence electrons. The van der Waals surface area contributed by atoms with Gasteiger partial charge in [0.15, 0.2) is 5.82 Å². The van der Waals surface area contributed by atoms with Crippen molar-refractivity contribution in [2.75, 3.05) is 37.7 Å². The number of rotatable bonds is 5. The van der Waals surface area contributed by atoms with Crippen LogP contribution in [-0.4, -0.2) is 53.9 Å². The highest BCUT2D eigenvalue weighted by Gasteiger charge is 2.18. The second kappa shape index (κ2) is 7.58. The summed E-state index contributed by atoms with van der Waals surface area (Å²) in [4.78, 5) is 33.4. The van der Waals surface area contributed by atoms with Crippen LogP contribution in [0.4, 0.5) is 5.82 Å². The Morgan fingerprint density at radius 3 is 2.93 bits per heavy atom. The van der Waals surface area contributed by atoms with Crippen LogP contribution in [0, 0.1) is 0 Å². The van der Waals surface area contributed by atoms with Crippen LogP contribution in [0.5, 0.6) is 0 Å². The van der Waals surface area contributed by atoms with E-state index in [1.165, 1.54) is 0 Å². The van der Waals surface area contributed by atoms with E-state index in [1.54, 1.807) is 24.3 Å². The number of aromatic nitrogens is 3.